The Kier molecular flexibility index (Phi) is 2.99. The van der Waals surface area contributed by atoms with Crippen molar-refractivity contribution in [2.45, 2.75) is 19.4 Å². The summed E-state index contributed by atoms with van der Waals surface area (Å²) < 4.78 is 0. The zero-order valence-corrected chi connectivity index (χ0v) is 11.3. The summed E-state index contributed by atoms with van der Waals surface area (Å²) in [6, 6.07) is 11.5. The average Bonchev–Trinajstić information content (AvgIpc) is 2.74. The third kappa shape index (κ3) is 2.10. The minimum absolute atomic E-state index is 0.0263. The Morgan fingerprint density at radius 3 is 2.84 bits per heavy atom. The number of hydrogen-bond acceptors (Lipinski definition) is 2. The minimum atomic E-state index is -0.0263. The summed E-state index contributed by atoms with van der Waals surface area (Å²) in [6.45, 7) is 2.06. The van der Waals surface area contributed by atoms with E-state index in [9.17, 15) is 4.79 Å². The highest BCUT2D eigenvalue weighted by molar-refractivity contribution is 6.29. The van der Waals surface area contributed by atoms with E-state index in [1.807, 2.05) is 23.1 Å². The lowest BCUT2D eigenvalue weighted by Crippen LogP contribution is -2.35. The van der Waals surface area contributed by atoms with Gasteiger partial charge in [-0.15, -0.1) is 0 Å². The van der Waals surface area contributed by atoms with Gasteiger partial charge in [-0.3, -0.25) is 4.79 Å². The van der Waals surface area contributed by atoms with Gasteiger partial charge in [0.25, 0.3) is 5.91 Å². The van der Waals surface area contributed by atoms with Crippen LogP contribution in [0.4, 0.5) is 5.69 Å². The Balaban J connectivity index is 1.98. The molecular weight excluding hydrogens is 260 g/mol. The molecule has 0 radical (unpaired) electrons. The van der Waals surface area contributed by atoms with E-state index in [0.717, 1.165) is 12.1 Å². The molecule has 1 aliphatic rings. The van der Waals surface area contributed by atoms with Crippen LogP contribution < -0.4 is 4.90 Å². The van der Waals surface area contributed by atoms with Gasteiger partial charge in [-0.05, 0) is 37.1 Å². The highest BCUT2D eigenvalue weighted by Gasteiger charge is 2.31. The summed E-state index contributed by atoms with van der Waals surface area (Å²) in [7, 11) is 0. The zero-order chi connectivity index (χ0) is 13.4. The van der Waals surface area contributed by atoms with Gasteiger partial charge < -0.3 is 4.90 Å². The molecule has 96 valence electrons. The molecule has 0 saturated heterocycles. The molecule has 2 heterocycles. The van der Waals surface area contributed by atoms with Gasteiger partial charge in [0, 0.05) is 17.9 Å². The van der Waals surface area contributed by atoms with Gasteiger partial charge >= 0.3 is 0 Å². The van der Waals surface area contributed by atoms with E-state index in [4.69, 9.17) is 11.6 Å². The fourth-order valence-corrected chi connectivity index (χ4v) is 2.63. The Labute approximate surface area is 116 Å². The van der Waals surface area contributed by atoms with Gasteiger partial charge in [0.05, 0.1) is 5.56 Å². The van der Waals surface area contributed by atoms with Crippen molar-refractivity contribution in [2.24, 2.45) is 0 Å². The molecule has 0 spiro atoms. The van der Waals surface area contributed by atoms with Crippen LogP contribution in [0.2, 0.25) is 5.15 Å². The third-order valence-electron chi connectivity index (χ3n) is 3.40. The standard InChI is InChI=1S/C15H13ClN2O/c1-10-8-11-4-2-3-5-13(11)18(10)15(19)12-6-7-14(16)17-9-12/h2-7,9-10H,8H2,1H3. The quantitative estimate of drug-likeness (QED) is 0.746. The highest BCUT2D eigenvalue weighted by atomic mass is 35.5. The number of aromatic nitrogens is 1. The maximum Gasteiger partial charge on any atom is 0.260 e. The lowest BCUT2D eigenvalue weighted by Gasteiger charge is -2.22. The summed E-state index contributed by atoms with van der Waals surface area (Å²) in [6.07, 6.45) is 2.42. The Hall–Kier alpha value is -1.87. The van der Waals surface area contributed by atoms with Crippen molar-refractivity contribution in [2.75, 3.05) is 4.90 Å². The lowest BCUT2D eigenvalue weighted by molar-refractivity contribution is 0.0981. The number of amides is 1. The van der Waals surface area contributed by atoms with E-state index in [-0.39, 0.29) is 11.9 Å². The lowest BCUT2D eigenvalue weighted by atomic mass is 10.1. The highest BCUT2D eigenvalue weighted by Crippen LogP contribution is 2.32. The second kappa shape index (κ2) is 4.67. The van der Waals surface area contributed by atoms with Gasteiger partial charge in [0.2, 0.25) is 0 Å². The number of anilines is 1. The molecule has 1 atom stereocenters. The van der Waals surface area contributed by atoms with E-state index < -0.39 is 0 Å². The normalized spacial score (nSPS) is 17.4. The number of halogens is 1. The van der Waals surface area contributed by atoms with Gasteiger partial charge in [-0.25, -0.2) is 4.98 Å². The zero-order valence-electron chi connectivity index (χ0n) is 10.5. The number of carbonyl (C=O) groups excluding carboxylic acids is 1. The van der Waals surface area contributed by atoms with Crippen molar-refractivity contribution in [1.82, 2.24) is 4.98 Å². The molecule has 19 heavy (non-hydrogen) atoms. The molecule has 1 amide bonds. The van der Waals surface area contributed by atoms with Crippen molar-refractivity contribution in [3.63, 3.8) is 0 Å². The molecule has 1 aliphatic heterocycles. The van der Waals surface area contributed by atoms with E-state index in [1.165, 1.54) is 11.8 Å². The second-order valence-corrected chi connectivity index (χ2v) is 5.11. The maximum atomic E-state index is 12.6. The summed E-state index contributed by atoms with van der Waals surface area (Å²) in [5.74, 6) is -0.0263. The SMILES string of the molecule is CC1Cc2ccccc2N1C(=O)c1ccc(Cl)nc1. The van der Waals surface area contributed by atoms with E-state index in [2.05, 4.69) is 18.0 Å². The fraction of sp³-hybridized carbons (Fsp3) is 0.200. The molecule has 0 fully saturated rings. The van der Waals surface area contributed by atoms with Crippen LogP contribution in [-0.4, -0.2) is 16.9 Å². The molecule has 0 saturated carbocycles. The van der Waals surface area contributed by atoms with E-state index in [1.54, 1.807) is 12.1 Å². The topological polar surface area (TPSA) is 33.2 Å². The molecule has 1 unspecified atom stereocenters. The smallest absolute Gasteiger partial charge is 0.260 e. The molecule has 1 aromatic carbocycles. The summed E-state index contributed by atoms with van der Waals surface area (Å²) in [5, 5.41) is 0.395. The number of pyridine rings is 1. The number of carbonyl (C=O) groups is 1. The predicted molar refractivity (Wildman–Crippen MR) is 75.7 cm³/mol. The van der Waals surface area contributed by atoms with Gasteiger partial charge in [-0.2, -0.15) is 0 Å². The molecule has 2 aromatic rings. The van der Waals surface area contributed by atoms with E-state index >= 15 is 0 Å². The van der Waals surface area contributed by atoms with Gasteiger partial charge in [0.1, 0.15) is 5.15 Å². The summed E-state index contributed by atoms with van der Waals surface area (Å²) >= 11 is 5.75. The van der Waals surface area contributed by atoms with Crippen molar-refractivity contribution in [3.05, 3.63) is 58.9 Å². The Bertz CT molecular complexity index is 624. The fourth-order valence-electron chi connectivity index (χ4n) is 2.52. The van der Waals surface area contributed by atoms with Crippen LogP contribution in [0.1, 0.15) is 22.8 Å². The Morgan fingerprint density at radius 1 is 1.32 bits per heavy atom. The number of benzene rings is 1. The molecule has 3 nitrogen and oxygen atoms in total. The predicted octanol–water partition coefficient (Wildman–Crippen LogP) is 3.33. The van der Waals surface area contributed by atoms with Crippen molar-refractivity contribution in [3.8, 4) is 0 Å². The number of rotatable bonds is 1. The molecule has 0 N–H and O–H groups in total. The van der Waals surface area contributed by atoms with Crippen LogP contribution in [0.5, 0.6) is 0 Å². The summed E-state index contributed by atoms with van der Waals surface area (Å²) in [5.41, 5.74) is 2.77. The number of para-hydroxylation sites is 1. The van der Waals surface area contributed by atoms with Crippen molar-refractivity contribution in [1.29, 1.82) is 0 Å². The van der Waals surface area contributed by atoms with Crippen LogP contribution in [0, 0.1) is 0 Å². The average molecular weight is 273 g/mol. The third-order valence-corrected chi connectivity index (χ3v) is 3.62. The number of hydrogen-bond donors (Lipinski definition) is 0. The first kappa shape index (κ1) is 12.2. The van der Waals surface area contributed by atoms with Crippen molar-refractivity contribution < 1.29 is 4.79 Å². The van der Waals surface area contributed by atoms with Gasteiger partial charge in [-0.1, -0.05) is 29.8 Å². The second-order valence-electron chi connectivity index (χ2n) is 4.73. The van der Waals surface area contributed by atoms with Crippen molar-refractivity contribution >= 4 is 23.2 Å². The maximum absolute atomic E-state index is 12.6. The largest absolute Gasteiger partial charge is 0.305 e. The summed E-state index contributed by atoms with van der Waals surface area (Å²) in [4.78, 5) is 18.4. The first-order valence-corrected chi connectivity index (χ1v) is 6.57. The molecule has 1 aromatic heterocycles. The first-order chi connectivity index (χ1) is 9.16. The number of nitrogens with zero attached hydrogens (tertiary/aromatic N) is 2. The molecular formula is C15H13ClN2O. The van der Waals surface area contributed by atoms with Crippen LogP contribution in [-0.2, 0) is 6.42 Å². The first-order valence-electron chi connectivity index (χ1n) is 6.20. The monoisotopic (exact) mass is 272 g/mol. The molecule has 0 bridgehead atoms. The Morgan fingerprint density at radius 2 is 2.11 bits per heavy atom. The van der Waals surface area contributed by atoms with Crippen LogP contribution in [0.25, 0.3) is 0 Å². The van der Waals surface area contributed by atoms with Crippen LogP contribution in [0.15, 0.2) is 42.6 Å². The molecule has 0 aliphatic carbocycles. The molecule has 3 rings (SSSR count). The minimum Gasteiger partial charge on any atom is -0.305 e. The molecule has 4 heteroatoms. The number of fused-ring (bicyclic) bond motifs is 1. The van der Waals surface area contributed by atoms with Gasteiger partial charge in [0.15, 0.2) is 0 Å². The van der Waals surface area contributed by atoms with E-state index in [0.29, 0.717) is 10.7 Å². The van der Waals surface area contributed by atoms with Crippen LogP contribution in [0.3, 0.4) is 0 Å². The van der Waals surface area contributed by atoms with Crippen LogP contribution >= 0.6 is 11.6 Å².